The van der Waals surface area contributed by atoms with Gasteiger partial charge in [0.1, 0.15) is 0 Å². The molecule has 0 amide bonds. The van der Waals surface area contributed by atoms with Crippen LogP contribution in [0.5, 0.6) is 0 Å². The Balaban J connectivity index is 1.72. The molecule has 2 aromatic rings. The van der Waals surface area contributed by atoms with E-state index >= 15 is 0 Å². The van der Waals surface area contributed by atoms with Gasteiger partial charge in [-0.05, 0) is 36.6 Å². The molecular formula is C22H30N4O. The van der Waals surface area contributed by atoms with Crippen LogP contribution in [0.3, 0.4) is 0 Å². The summed E-state index contributed by atoms with van der Waals surface area (Å²) in [5.74, 6) is 0.452. The maximum atomic E-state index is 6.17. The van der Waals surface area contributed by atoms with Crippen molar-refractivity contribution in [2.75, 3.05) is 38.2 Å². The lowest BCUT2D eigenvalue weighted by molar-refractivity contribution is 0.0180. The fourth-order valence-electron chi connectivity index (χ4n) is 3.35. The molecule has 2 aromatic carbocycles. The van der Waals surface area contributed by atoms with Gasteiger partial charge in [-0.15, -0.1) is 0 Å². The number of benzene rings is 2. The van der Waals surface area contributed by atoms with Crippen molar-refractivity contribution in [3.8, 4) is 0 Å². The van der Waals surface area contributed by atoms with Crippen LogP contribution in [0.2, 0.25) is 0 Å². The average Bonchev–Trinajstić information content (AvgIpc) is 2.70. The number of hydrogen-bond donors (Lipinski definition) is 2. The van der Waals surface area contributed by atoms with Crippen molar-refractivity contribution in [1.82, 2.24) is 4.90 Å². The van der Waals surface area contributed by atoms with Gasteiger partial charge in [-0.2, -0.15) is 0 Å². The Kier molecular flexibility index (Phi) is 6.85. The Morgan fingerprint density at radius 2 is 1.93 bits per heavy atom. The third-order valence-electron chi connectivity index (χ3n) is 4.99. The summed E-state index contributed by atoms with van der Waals surface area (Å²) in [6.45, 7) is 8.24. The molecule has 5 nitrogen and oxygen atoms in total. The van der Waals surface area contributed by atoms with Crippen molar-refractivity contribution in [3.05, 3.63) is 65.2 Å². The van der Waals surface area contributed by atoms with E-state index in [1.807, 2.05) is 12.1 Å². The molecule has 1 aliphatic heterocycles. The van der Waals surface area contributed by atoms with Crippen molar-refractivity contribution in [2.45, 2.75) is 26.3 Å². The summed E-state index contributed by atoms with van der Waals surface area (Å²) in [6, 6.07) is 17.2. The molecule has 0 spiro atoms. The van der Waals surface area contributed by atoms with E-state index in [1.54, 1.807) is 0 Å². The summed E-state index contributed by atoms with van der Waals surface area (Å²) < 4.78 is 5.52. The molecule has 0 radical (unpaired) electrons. The number of ether oxygens (including phenoxy) is 1. The van der Waals surface area contributed by atoms with E-state index in [2.05, 4.69) is 65.5 Å². The number of nitrogens with one attached hydrogen (secondary N) is 1. The van der Waals surface area contributed by atoms with E-state index < -0.39 is 0 Å². The highest BCUT2D eigenvalue weighted by molar-refractivity contribution is 5.92. The minimum Gasteiger partial charge on any atom is -0.379 e. The highest BCUT2D eigenvalue weighted by Crippen LogP contribution is 2.23. The third kappa shape index (κ3) is 5.55. The Labute approximate surface area is 162 Å². The van der Waals surface area contributed by atoms with Crippen LogP contribution in [0.4, 0.5) is 5.69 Å². The molecule has 1 heterocycles. The lowest BCUT2D eigenvalue weighted by atomic mass is 10.0. The van der Waals surface area contributed by atoms with E-state index in [9.17, 15) is 0 Å². The molecule has 144 valence electrons. The molecule has 0 aliphatic carbocycles. The molecule has 27 heavy (non-hydrogen) atoms. The predicted molar refractivity (Wildman–Crippen MR) is 112 cm³/mol. The van der Waals surface area contributed by atoms with Crippen LogP contribution in [0, 0.1) is 6.92 Å². The van der Waals surface area contributed by atoms with Crippen molar-refractivity contribution in [1.29, 1.82) is 0 Å². The van der Waals surface area contributed by atoms with Gasteiger partial charge in [0, 0.05) is 18.8 Å². The zero-order valence-electron chi connectivity index (χ0n) is 16.3. The maximum absolute atomic E-state index is 6.17. The van der Waals surface area contributed by atoms with Gasteiger partial charge in [0.15, 0.2) is 5.96 Å². The predicted octanol–water partition coefficient (Wildman–Crippen LogP) is 3.36. The molecule has 3 N–H and O–H groups in total. The van der Waals surface area contributed by atoms with E-state index in [0.29, 0.717) is 12.5 Å². The molecule has 1 saturated heterocycles. The molecule has 0 aromatic heterocycles. The van der Waals surface area contributed by atoms with Gasteiger partial charge in [-0.3, -0.25) is 9.89 Å². The Morgan fingerprint density at radius 3 is 2.63 bits per heavy atom. The second kappa shape index (κ2) is 9.53. The number of aryl methyl sites for hydroxylation is 2. The lowest BCUT2D eigenvalue weighted by Gasteiger charge is -2.34. The largest absolute Gasteiger partial charge is 0.379 e. The number of aliphatic imine (C=N–C) groups is 1. The van der Waals surface area contributed by atoms with Crippen LogP contribution >= 0.6 is 0 Å². The van der Waals surface area contributed by atoms with Crippen molar-refractivity contribution < 1.29 is 4.74 Å². The molecule has 5 heteroatoms. The molecule has 1 unspecified atom stereocenters. The lowest BCUT2D eigenvalue weighted by Crippen LogP contribution is -2.40. The van der Waals surface area contributed by atoms with Gasteiger partial charge in [-0.25, -0.2) is 0 Å². The molecule has 1 fully saturated rings. The smallest absolute Gasteiger partial charge is 0.193 e. The number of guanidine groups is 1. The Morgan fingerprint density at radius 1 is 1.19 bits per heavy atom. The second-order valence-electron chi connectivity index (χ2n) is 6.98. The summed E-state index contributed by atoms with van der Waals surface area (Å²) >= 11 is 0. The zero-order chi connectivity index (χ0) is 19.1. The summed E-state index contributed by atoms with van der Waals surface area (Å²) in [5, 5.41) is 3.22. The number of nitrogens with zero attached hydrogens (tertiary/aromatic N) is 2. The minimum absolute atomic E-state index is 0.205. The monoisotopic (exact) mass is 366 g/mol. The fraction of sp³-hybridized carbons (Fsp3) is 0.409. The molecule has 0 bridgehead atoms. The normalized spacial score (nSPS) is 16.9. The van der Waals surface area contributed by atoms with Crippen LogP contribution in [-0.4, -0.2) is 43.7 Å². The number of rotatable bonds is 6. The van der Waals surface area contributed by atoms with E-state index in [-0.39, 0.29) is 6.04 Å². The van der Waals surface area contributed by atoms with Crippen molar-refractivity contribution in [3.63, 3.8) is 0 Å². The Bertz CT molecular complexity index is 751. The third-order valence-corrected chi connectivity index (χ3v) is 4.99. The Hall–Kier alpha value is -2.37. The topological polar surface area (TPSA) is 62.9 Å². The highest BCUT2D eigenvalue weighted by atomic mass is 16.5. The van der Waals surface area contributed by atoms with Crippen LogP contribution in [-0.2, 0) is 11.2 Å². The molecule has 1 aliphatic rings. The maximum Gasteiger partial charge on any atom is 0.193 e. The summed E-state index contributed by atoms with van der Waals surface area (Å²) in [5.41, 5.74) is 11.0. The SMILES string of the molecule is CCc1cccc(NC(N)=NCC(c2ccc(C)cc2)N2CCOCC2)c1. The van der Waals surface area contributed by atoms with E-state index in [0.717, 1.165) is 38.4 Å². The van der Waals surface area contributed by atoms with Gasteiger partial charge in [-0.1, -0.05) is 48.9 Å². The van der Waals surface area contributed by atoms with Crippen LogP contribution < -0.4 is 11.1 Å². The van der Waals surface area contributed by atoms with E-state index in [4.69, 9.17) is 10.5 Å². The van der Waals surface area contributed by atoms with Gasteiger partial charge in [0.2, 0.25) is 0 Å². The molecule has 0 saturated carbocycles. The van der Waals surface area contributed by atoms with Gasteiger partial charge in [0.05, 0.1) is 25.8 Å². The molecule has 3 rings (SSSR count). The number of morpholine rings is 1. The molecular weight excluding hydrogens is 336 g/mol. The minimum atomic E-state index is 0.205. The average molecular weight is 367 g/mol. The number of nitrogens with two attached hydrogens (primary N) is 1. The first kappa shape index (κ1) is 19.4. The summed E-state index contributed by atoms with van der Waals surface area (Å²) in [7, 11) is 0. The van der Waals surface area contributed by atoms with E-state index in [1.165, 1.54) is 16.7 Å². The first-order valence-corrected chi connectivity index (χ1v) is 9.70. The zero-order valence-corrected chi connectivity index (χ0v) is 16.3. The van der Waals surface area contributed by atoms with Crippen LogP contribution in [0.15, 0.2) is 53.5 Å². The first-order valence-electron chi connectivity index (χ1n) is 9.70. The van der Waals surface area contributed by atoms with Gasteiger partial charge >= 0.3 is 0 Å². The quantitative estimate of drug-likeness (QED) is 0.608. The molecule has 1 atom stereocenters. The highest BCUT2D eigenvalue weighted by Gasteiger charge is 2.22. The number of hydrogen-bond acceptors (Lipinski definition) is 3. The summed E-state index contributed by atoms with van der Waals surface area (Å²) in [6.07, 6.45) is 0.999. The van der Waals surface area contributed by atoms with Crippen LogP contribution in [0.1, 0.15) is 29.7 Å². The standard InChI is InChI=1S/C22H30N4O/c1-3-18-5-4-6-20(15-18)25-22(23)24-16-21(26-11-13-27-14-12-26)19-9-7-17(2)8-10-19/h4-10,15,21H,3,11-14,16H2,1-2H3,(H3,23,24,25). The van der Waals surface area contributed by atoms with Crippen LogP contribution in [0.25, 0.3) is 0 Å². The first-order chi connectivity index (χ1) is 13.2. The fourth-order valence-corrected chi connectivity index (χ4v) is 3.35. The van der Waals surface area contributed by atoms with Crippen molar-refractivity contribution >= 4 is 11.6 Å². The van der Waals surface area contributed by atoms with Gasteiger partial charge in [0.25, 0.3) is 0 Å². The second-order valence-corrected chi connectivity index (χ2v) is 6.98. The number of anilines is 1. The van der Waals surface area contributed by atoms with Crippen molar-refractivity contribution in [2.24, 2.45) is 10.7 Å². The van der Waals surface area contributed by atoms with Gasteiger partial charge < -0.3 is 15.8 Å². The summed E-state index contributed by atoms with van der Waals surface area (Å²) in [4.78, 5) is 7.08.